The van der Waals surface area contributed by atoms with Gasteiger partial charge in [0, 0.05) is 18.2 Å². The predicted octanol–water partition coefficient (Wildman–Crippen LogP) is 3.77. The highest BCUT2D eigenvalue weighted by molar-refractivity contribution is 6.02. The molecule has 2 aromatic carbocycles. The summed E-state index contributed by atoms with van der Waals surface area (Å²) in [5.74, 6) is -0.447. The normalized spacial score (nSPS) is 16.3. The van der Waals surface area contributed by atoms with Gasteiger partial charge < -0.3 is 0 Å². The van der Waals surface area contributed by atoms with E-state index in [4.69, 9.17) is 0 Å². The number of pyridine rings is 1. The Bertz CT molecular complexity index is 1260. The maximum Gasteiger partial charge on any atom is 0.281 e. The third kappa shape index (κ3) is 2.57. The molecule has 0 spiro atoms. The number of rotatable bonds is 2. The molecule has 1 N–H and O–H groups in total. The molecule has 0 fully saturated rings. The molecule has 138 valence electrons. The zero-order valence-electron chi connectivity index (χ0n) is 14.9. The maximum atomic E-state index is 13.3. The van der Waals surface area contributed by atoms with E-state index in [1.54, 1.807) is 18.3 Å². The third-order valence-electron chi connectivity index (χ3n) is 5.36. The van der Waals surface area contributed by atoms with E-state index in [2.05, 4.69) is 10.1 Å². The van der Waals surface area contributed by atoms with Gasteiger partial charge in [0.15, 0.2) is 11.4 Å². The fourth-order valence-electron chi connectivity index (χ4n) is 3.97. The van der Waals surface area contributed by atoms with Crippen molar-refractivity contribution in [1.82, 2.24) is 14.8 Å². The fourth-order valence-corrected chi connectivity index (χ4v) is 3.97. The van der Waals surface area contributed by atoms with E-state index in [-0.39, 0.29) is 23.1 Å². The molecule has 0 saturated heterocycles. The molecule has 2 aromatic heterocycles. The van der Waals surface area contributed by atoms with Gasteiger partial charge in [-0.1, -0.05) is 30.3 Å². The monoisotopic (exact) mass is 373 g/mol. The van der Waals surface area contributed by atoms with Crippen LogP contribution in [0.25, 0.3) is 16.7 Å². The number of carbonyl (C=O) groups is 1. The smallest absolute Gasteiger partial charge is 0.281 e. The molecule has 4 aromatic rings. The molecule has 0 bridgehead atoms. The second kappa shape index (κ2) is 6.27. The molecule has 0 saturated carbocycles. The number of nitrogens with zero attached hydrogens (tertiary/aromatic N) is 2. The van der Waals surface area contributed by atoms with Crippen molar-refractivity contribution in [2.24, 2.45) is 0 Å². The molecular formula is C22H16FN3O2. The van der Waals surface area contributed by atoms with Gasteiger partial charge in [0.1, 0.15) is 5.82 Å². The minimum atomic E-state index is -0.311. The van der Waals surface area contributed by atoms with Crippen LogP contribution in [-0.4, -0.2) is 20.5 Å². The van der Waals surface area contributed by atoms with E-state index in [1.807, 2.05) is 30.3 Å². The van der Waals surface area contributed by atoms with Crippen LogP contribution >= 0.6 is 0 Å². The standard InChI is InChI=1S/C22H16FN3O2/c23-15-8-6-13(7-9-15)14-10-17-18(19(27)11-14)12-24-21-20(17)22(28)26(25-21)16-4-2-1-3-5-16/h1-9,12,14H,10-11H2,(H,24,25). The summed E-state index contributed by atoms with van der Waals surface area (Å²) >= 11 is 0. The van der Waals surface area contributed by atoms with Crippen LogP contribution in [0.15, 0.2) is 65.6 Å². The van der Waals surface area contributed by atoms with Crippen LogP contribution < -0.4 is 5.56 Å². The fraction of sp³-hybridized carbons (Fsp3) is 0.136. The van der Waals surface area contributed by atoms with Crippen LogP contribution in [0.5, 0.6) is 0 Å². The van der Waals surface area contributed by atoms with Crippen molar-refractivity contribution in [2.45, 2.75) is 18.8 Å². The molecule has 1 atom stereocenters. The summed E-state index contributed by atoms with van der Waals surface area (Å²) in [6.07, 6.45) is 2.41. The highest BCUT2D eigenvalue weighted by Gasteiger charge is 2.30. The van der Waals surface area contributed by atoms with Gasteiger partial charge in [0.25, 0.3) is 5.56 Å². The lowest BCUT2D eigenvalue weighted by Gasteiger charge is -2.24. The molecule has 5 nitrogen and oxygen atoms in total. The molecule has 2 heterocycles. The lowest BCUT2D eigenvalue weighted by molar-refractivity contribution is 0.0964. The second-order valence-corrected chi connectivity index (χ2v) is 7.04. The molecule has 1 aliphatic carbocycles. The summed E-state index contributed by atoms with van der Waals surface area (Å²) in [5.41, 5.74) is 3.05. The number of para-hydroxylation sites is 1. The van der Waals surface area contributed by atoms with Crippen molar-refractivity contribution in [3.05, 3.63) is 93.7 Å². The van der Waals surface area contributed by atoms with Crippen molar-refractivity contribution in [3.63, 3.8) is 0 Å². The zero-order chi connectivity index (χ0) is 19.3. The Morgan fingerprint density at radius 2 is 1.75 bits per heavy atom. The number of aromatic nitrogens is 3. The Morgan fingerprint density at radius 1 is 1.00 bits per heavy atom. The first-order chi connectivity index (χ1) is 13.6. The predicted molar refractivity (Wildman–Crippen MR) is 103 cm³/mol. The number of aromatic amines is 1. The van der Waals surface area contributed by atoms with Gasteiger partial charge in [-0.25, -0.2) is 14.1 Å². The topological polar surface area (TPSA) is 67.8 Å². The number of H-pyrrole nitrogens is 1. The van der Waals surface area contributed by atoms with Crippen molar-refractivity contribution in [3.8, 4) is 5.69 Å². The van der Waals surface area contributed by atoms with Crippen LogP contribution in [0.4, 0.5) is 4.39 Å². The van der Waals surface area contributed by atoms with Crippen molar-refractivity contribution in [1.29, 1.82) is 0 Å². The van der Waals surface area contributed by atoms with Crippen molar-refractivity contribution >= 4 is 16.8 Å². The molecule has 6 heteroatoms. The molecule has 0 amide bonds. The molecular weight excluding hydrogens is 357 g/mol. The van der Waals surface area contributed by atoms with Gasteiger partial charge in [0.05, 0.1) is 11.1 Å². The zero-order valence-corrected chi connectivity index (χ0v) is 14.9. The van der Waals surface area contributed by atoms with E-state index in [0.29, 0.717) is 40.7 Å². The first-order valence-electron chi connectivity index (χ1n) is 9.08. The SMILES string of the molecule is O=C1CC(c2ccc(F)cc2)Cc2c1cnc1[nH]n(-c3ccccc3)c(=O)c21. The molecule has 0 aliphatic heterocycles. The first kappa shape index (κ1) is 16.6. The highest BCUT2D eigenvalue weighted by atomic mass is 19.1. The number of Topliss-reactive ketones (excluding diaryl/α,β-unsaturated/α-hetero) is 1. The number of hydrogen-bond donors (Lipinski definition) is 1. The highest BCUT2D eigenvalue weighted by Crippen LogP contribution is 2.34. The molecule has 1 aliphatic rings. The van der Waals surface area contributed by atoms with Crippen LogP contribution in [0.3, 0.4) is 0 Å². The second-order valence-electron chi connectivity index (χ2n) is 7.04. The average Bonchev–Trinajstić information content (AvgIpc) is 3.06. The van der Waals surface area contributed by atoms with E-state index in [1.165, 1.54) is 16.8 Å². The summed E-state index contributed by atoms with van der Waals surface area (Å²) in [6, 6.07) is 15.4. The van der Waals surface area contributed by atoms with Crippen LogP contribution in [0.2, 0.25) is 0 Å². The lowest BCUT2D eigenvalue weighted by atomic mass is 9.79. The van der Waals surface area contributed by atoms with Gasteiger partial charge in [-0.3, -0.25) is 14.7 Å². The average molecular weight is 373 g/mol. The molecule has 1 unspecified atom stereocenters. The van der Waals surface area contributed by atoms with Gasteiger partial charge in [-0.05, 0) is 47.7 Å². The maximum absolute atomic E-state index is 13.3. The Balaban J connectivity index is 1.67. The van der Waals surface area contributed by atoms with E-state index in [9.17, 15) is 14.0 Å². The molecule has 5 rings (SSSR count). The quantitative estimate of drug-likeness (QED) is 0.582. The Kier molecular flexibility index (Phi) is 3.72. The number of hydrogen-bond acceptors (Lipinski definition) is 3. The summed E-state index contributed by atoms with van der Waals surface area (Å²) in [6.45, 7) is 0. The van der Waals surface area contributed by atoms with Crippen molar-refractivity contribution in [2.75, 3.05) is 0 Å². The lowest BCUT2D eigenvalue weighted by Crippen LogP contribution is -2.22. The summed E-state index contributed by atoms with van der Waals surface area (Å²) in [4.78, 5) is 30.2. The largest absolute Gasteiger partial charge is 0.294 e. The number of fused-ring (bicyclic) bond motifs is 3. The molecule has 28 heavy (non-hydrogen) atoms. The van der Waals surface area contributed by atoms with E-state index in [0.717, 1.165) is 5.56 Å². The van der Waals surface area contributed by atoms with Gasteiger partial charge in [-0.15, -0.1) is 0 Å². The van der Waals surface area contributed by atoms with Crippen molar-refractivity contribution < 1.29 is 9.18 Å². The van der Waals surface area contributed by atoms with E-state index >= 15 is 0 Å². The Morgan fingerprint density at radius 3 is 2.50 bits per heavy atom. The first-order valence-corrected chi connectivity index (χ1v) is 9.08. The third-order valence-corrected chi connectivity index (χ3v) is 5.36. The minimum Gasteiger partial charge on any atom is -0.294 e. The van der Waals surface area contributed by atoms with Gasteiger partial charge in [0.2, 0.25) is 0 Å². The van der Waals surface area contributed by atoms with Crippen LogP contribution in [0.1, 0.15) is 33.8 Å². The number of halogens is 1. The number of carbonyl (C=O) groups excluding carboxylic acids is 1. The number of ketones is 1. The van der Waals surface area contributed by atoms with Crippen LogP contribution in [-0.2, 0) is 6.42 Å². The van der Waals surface area contributed by atoms with Gasteiger partial charge in [-0.2, -0.15) is 0 Å². The molecule has 0 radical (unpaired) electrons. The van der Waals surface area contributed by atoms with Crippen LogP contribution in [0, 0.1) is 5.82 Å². The Hall–Kier alpha value is -3.54. The number of nitrogens with one attached hydrogen (secondary N) is 1. The number of benzene rings is 2. The van der Waals surface area contributed by atoms with E-state index < -0.39 is 0 Å². The Labute approximate surface area is 159 Å². The summed E-state index contributed by atoms with van der Waals surface area (Å²) < 4.78 is 14.7. The summed E-state index contributed by atoms with van der Waals surface area (Å²) in [5, 5.41) is 3.49. The van der Waals surface area contributed by atoms with Gasteiger partial charge >= 0.3 is 0 Å². The summed E-state index contributed by atoms with van der Waals surface area (Å²) in [7, 11) is 0. The minimum absolute atomic E-state index is 0.0446.